The summed E-state index contributed by atoms with van der Waals surface area (Å²) in [4.78, 5) is 22.5. The van der Waals surface area contributed by atoms with Crippen molar-refractivity contribution in [1.82, 2.24) is 20.1 Å². The molecular weight excluding hydrogens is 489 g/mol. The highest BCUT2D eigenvalue weighted by Gasteiger charge is 2.60. The van der Waals surface area contributed by atoms with Crippen LogP contribution >= 0.6 is 0 Å². The monoisotopic (exact) mass is 524 g/mol. The standard InChI is InChI=1S/C26H35F3N4O4/c1-35-23-14-36-5-3-22(23)31-19-7-18-11-33(20-12-37-13-20)15-25(18,8-19)24(34)32-4-2-21-16(10-32)6-17(9-30-21)26(27,28)29/h6,9,18-20,22-23,31H,2-5,7-8,10-15H2,1H3/t18-,19+,22-,23+,25-/m0/s1. The van der Waals surface area contributed by atoms with Crippen LogP contribution in [0, 0.1) is 11.3 Å². The van der Waals surface area contributed by atoms with Gasteiger partial charge in [-0.25, -0.2) is 0 Å². The fourth-order valence-corrected chi connectivity index (χ4v) is 7.09. The van der Waals surface area contributed by atoms with Crippen molar-refractivity contribution < 1.29 is 32.2 Å². The normalized spacial score (nSPS) is 34.8. The Kier molecular flexibility index (Phi) is 6.72. The van der Waals surface area contributed by atoms with Crippen LogP contribution in [0.5, 0.6) is 0 Å². The first kappa shape index (κ1) is 25.5. The van der Waals surface area contributed by atoms with Crippen LogP contribution in [0.4, 0.5) is 13.2 Å². The van der Waals surface area contributed by atoms with Crippen molar-refractivity contribution in [3.8, 4) is 0 Å². The lowest BCUT2D eigenvalue weighted by Crippen LogP contribution is -2.54. The number of aromatic nitrogens is 1. The Labute approximate surface area is 214 Å². The van der Waals surface area contributed by atoms with Crippen LogP contribution in [0.1, 0.15) is 36.1 Å². The number of fused-ring (bicyclic) bond motifs is 2. The van der Waals surface area contributed by atoms with Gasteiger partial charge in [0.05, 0.1) is 42.9 Å². The minimum absolute atomic E-state index is 0.0154. The summed E-state index contributed by atoms with van der Waals surface area (Å²) in [5, 5.41) is 3.79. The van der Waals surface area contributed by atoms with Crippen molar-refractivity contribution in [2.75, 3.05) is 53.2 Å². The number of hydrogen-bond acceptors (Lipinski definition) is 7. The Morgan fingerprint density at radius 3 is 2.84 bits per heavy atom. The molecule has 11 heteroatoms. The predicted molar refractivity (Wildman–Crippen MR) is 127 cm³/mol. The summed E-state index contributed by atoms with van der Waals surface area (Å²) in [6.07, 6.45) is -0.616. The molecule has 6 rings (SSSR count). The van der Waals surface area contributed by atoms with E-state index in [1.165, 1.54) is 6.07 Å². The van der Waals surface area contributed by atoms with Crippen molar-refractivity contribution in [1.29, 1.82) is 0 Å². The van der Waals surface area contributed by atoms with Crippen LogP contribution in [0.2, 0.25) is 0 Å². The molecule has 37 heavy (non-hydrogen) atoms. The van der Waals surface area contributed by atoms with E-state index in [2.05, 4.69) is 15.2 Å². The highest BCUT2D eigenvalue weighted by atomic mass is 19.4. The maximum atomic E-state index is 14.3. The number of nitrogens with one attached hydrogen (secondary N) is 1. The van der Waals surface area contributed by atoms with Crippen molar-refractivity contribution >= 4 is 5.91 Å². The summed E-state index contributed by atoms with van der Waals surface area (Å²) in [7, 11) is 1.70. The zero-order valence-corrected chi connectivity index (χ0v) is 21.1. The summed E-state index contributed by atoms with van der Waals surface area (Å²) in [5.74, 6) is 0.267. The molecule has 4 aliphatic heterocycles. The van der Waals surface area contributed by atoms with Gasteiger partial charge in [0.2, 0.25) is 5.91 Å². The topological polar surface area (TPSA) is 76.2 Å². The molecular formula is C26H35F3N4O4. The Bertz CT molecular complexity index is 1020. The molecule has 1 N–H and O–H groups in total. The molecule has 3 saturated heterocycles. The molecule has 0 aromatic carbocycles. The fraction of sp³-hybridized carbons (Fsp3) is 0.769. The largest absolute Gasteiger partial charge is 0.417 e. The number of ether oxygens (including phenoxy) is 3. The molecule has 1 aromatic rings. The summed E-state index contributed by atoms with van der Waals surface area (Å²) in [6.45, 7) is 4.82. The first-order valence-corrected chi connectivity index (χ1v) is 13.3. The number of alkyl halides is 3. The van der Waals surface area contributed by atoms with Crippen molar-refractivity contribution in [2.24, 2.45) is 11.3 Å². The Morgan fingerprint density at radius 1 is 1.27 bits per heavy atom. The van der Waals surface area contributed by atoms with E-state index in [1.807, 2.05) is 0 Å². The van der Waals surface area contributed by atoms with E-state index in [4.69, 9.17) is 14.2 Å². The quantitative estimate of drug-likeness (QED) is 0.630. The van der Waals surface area contributed by atoms with Crippen LogP contribution < -0.4 is 5.32 Å². The number of methoxy groups -OCH3 is 1. The predicted octanol–water partition coefficient (Wildman–Crippen LogP) is 1.86. The lowest BCUT2D eigenvalue weighted by molar-refractivity contribution is -0.144. The Hall–Kier alpha value is -1.79. The first-order valence-electron chi connectivity index (χ1n) is 13.3. The van der Waals surface area contributed by atoms with E-state index < -0.39 is 17.2 Å². The summed E-state index contributed by atoms with van der Waals surface area (Å²) >= 11 is 0. The van der Waals surface area contributed by atoms with Gasteiger partial charge in [0.15, 0.2) is 0 Å². The molecule has 4 fully saturated rings. The van der Waals surface area contributed by atoms with Crippen molar-refractivity contribution in [3.63, 3.8) is 0 Å². The molecule has 0 bridgehead atoms. The lowest BCUT2D eigenvalue weighted by atomic mass is 9.78. The molecule has 1 aliphatic carbocycles. The number of carbonyl (C=O) groups is 1. The maximum Gasteiger partial charge on any atom is 0.417 e. The van der Waals surface area contributed by atoms with Gasteiger partial charge in [-0.15, -0.1) is 0 Å². The number of rotatable bonds is 5. The van der Waals surface area contributed by atoms with E-state index in [1.54, 1.807) is 12.0 Å². The minimum atomic E-state index is -4.45. The first-order chi connectivity index (χ1) is 17.8. The molecule has 5 atom stereocenters. The number of likely N-dealkylation sites (tertiary alicyclic amines) is 1. The minimum Gasteiger partial charge on any atom is -0.379 e. The molecule has 204 valence electrons. The SMILES string of the molecule is CO[C@@H]1COCC[C@@H]1N[C@@H]1C[C@H]2CN(C3COC3)C[C@@]2(C(=O)N2CCc3ncc(C(F)(F)F)cc3C2)C1. The van der Waals surface area contributed by atoms with Crippen LogP contribution in [0.25, 0.3) is 0 Å². The zero-order valence-electron chi connectivity index (χ0n) is 21.1. The third kappa shape index (κ3) is 4.67. The average Bonchev–Trinajstić information content (AvgIpc) is 3.36. The van der Waals surface area contributed by atoms with Crippen LogP contribution in [-0.2, 0) is 38.1 Å². The lowest BCUT2D eigenvalue weighted by Gasteiger charge is -2.39. The second-order valence-electron chi connectivity index (χ2n) is 11.3. The average molecular weight is 525 g/mol. The highest BCUT2D eigenvalue weighted by Crippen LogP contribution is 2.51. The van der Waals surface area contributed by atoms with Gasteiger partial charge in [0, 0.05) is 70.3 Å². The second-order valence-corrected chi connectivity index (χ2v) is 11.3. The molecule has 0 unspecified atom stereocenters. The number of pyridine rings is 1. The molecule has 1 aromatic heterocycles. The van der Waals surface area contributed by atoms with Gasteiger partial charge >= 0.3 is 6.18 Å². The molecule has 5 aliphatic rings. The number of nitrogens with zero attached hydrogens (tertiary/aromatic N) is 3. The van der Waals surface area contributed by atoms with Crippen LogP contribution in [0.15, 0.2) is 12.3 Å². The van der Waals surface area contributed by atoms with Gasteiger partial charge in [0.25, 0.3) is 0 Å². The van der Waals surface area contributed by atoms with Gasteiger partial charge < -0.3 is 24.4 Å². The van der Waals surface area contributed by atoms with Gasteiger partial charge in [-0.05, 0) is 36.8 Å². The number of hydrogen-bond donors (Lipinski definition) is 1. The van der Waals surface area contributed by atoms with E-state index in [0.29, 0.717) is 63.2 Å². The molecule has 0 spiro atoms. The van der Waals surface area contributed by atoms with Gasteiger partial charge in [-0.3, -0.25) is 14.7 Å². The second kappa shape index (κ2) is 9.75. The molecule has 1 amide bonds. The van der Waals surface area contributed by atoms with Crippen LogP contribution in [-0.4, -0.2) is 98.1 Å². The Morgan fingerprint density at radius 2 is 2.11 bits per heavy atom. The van der Waals surface area contributed by atoms with Gasteiger partial charge in [-0.1, -0.05) is 0 Å². The maximum absolute atomic E-state index is 14.3. The summed E-state index contributed by atoms with van der Waals surface area (Å²) < 4.78 is 56.6. The molecule has 0 radical (unpaired) electrons. The van der Waals surface area contributed by atoms with Crippen LogP contribution in [0.3, 0.4) is 0 Å². The Balaban J connectivity index is 1.22. The number of halogens is 3. The number of carbonyl (C=O) groups excluding carboxylic acids is 1. The van der Waals surface area contributed by atoms with Crippen molar-refractivity contribution in [3.05, 3.63) is 29.1 Å². The third-order valence-corrected chi connectivity index (χ3v) is 9.17. The summed E-state index contributed by atoms with van der Waals surface area (Å²) in [6, 6.07) is 1.87. The molecule has 8 nitrogen and oxygen atoms in total. The highest BCUT2D eigenvalue weighted by molar-refractivity contribution is 5.84. The zero-order chi connectivity index (χ0) is 25.8. The third-order valence-electron chi connectivity index (χ3n) is 9.17. The molecule has 1 saturated carbocycles. The fourth-order valence-electron chi connectivity index (χ4n) is 7.09. The van der Waals surface area contributed by atoms with E-state index in [-0.39, 0.29) is 36.6 Å². The van der Waals surface area contributed by atoms with E-state index in [9.17, 15) is 18.0 Å². The van der Waals surface area contributed by atoms with E-state index in [0.717, 1.165) is 32.0 Å². The van der Waals surface area contributed by atoms with Crippen molar-refractivity contribution in [2.45, 2.75) is 62.6 Å². The van der Waals surface area contributed by atoms with Gasteiger partial charge in [-0.2, -0.15) is 13.2 Å². The summed E-state index contributed by atoms with van der Waals surface area (Å²) in [5.41, 5.74) is -0.153. The van der Waals surface area contributed by atoms with E-state index >= 15 is 0 Å². The smallest absolute Gasteiger partial charge is 0.379 e. The van der Waals surface area contributed by atoms with Gasteiger partial charge in [0.1, 0.15) is 0 Å². The number of amides is 1. The molecule has 5 heterocycles.